The highest BCUT2D eigenvalue weighted by molar-refractivity contribution is 7.94. The molecule has 0 radical (unpaired) electrons. The highest BCUT2D eigenvalue weighted by Gasteiger charge is 2.39. The smallest absolute Gasteiger partial charge is 0.252 e. The van der Waals surface area contributed by atoms with Crippen LogP contribution >= 0.6 is 11.3 Å². The second kappa shape index (κ2) is 7.13. The zero-order valence-corrected chi connectivity index (χ0v) is 13.8. The van der Waals surface area contributed by atoms with Crippen LogP contribution in [0.5, 0.6) is 0 Å². The number of methoxy groups -OCH3 is 1. The summed E-state index contributed by atoms with van der Waals surface area (Å²) in [5.74, 6) is 0. The number of sulfonamides is 2. The zero-order valence-electron chi connectivity index (χ0n) is 25.4. The van der Waals surface area contributed by atoms with E-state index in [9.17, 15) is 16.8 Å². The Labute approximate surface area is 160 Å². The predicted molar refractivity (Wildman–Crippen MR) is 87.4 cm³/mol. The van der Waals surface area contributed by atoms with Gasteiger partial charge in [-0.3, -0.25) is 0 Å². The van der Waals surface area contributed by atoms with Crippen LogP contribution < -0.4 is 10.5 Å². The molecule has 2 heterocycles. The Kier molecular flexibility index (Phi) is 2.28. The summed E-state index contributed by atoms with van der Waals surface area (Å²) in [5, 5.41) is 6.82. The van der Waals surface area contributed by atoms with E-state index in [0.29, 0.717) is 6.07 Å². The normalized spacial score (nSPS) is 38.7. The van der Waals surface area contributed by atoms with Crippen LogP contribution in [-0.2, 0) is 24.8 Å². The number of rotatable bonds is 7. The van der Waals surface area contributed by atoms with Gasteiger partial charge < -0.3 is 10.1 Å². The molecule has 0 saturated heterocycles. The molecule has 23 heavy (non-hydrogen) atoms. The van der Waals surface area contributed by atoms with E-state index in [4.69, 9.17) is 24.3 Å². The number of nitrogens with two attached hydrogens (primary N) is 1. The van der Waals surface area contributed by atoms with Crippen LogP contribution in [0.15, 0.2) is 14.5 Å². The molecule has 2 rings (SSSR count). The molecule has 1 aliphatic heterocycles. The van der Waals surface area contributed by atoms with E-state index in [1.807, 2.05) is 0 Å². The molecule has 1 aromatic rings. The number of hydrogen-bond acceptors (Lipinski definition) is 7. The number of likely N-dealkylation sites (N-methyl/N-ethyl adjacent to an activating group) is 1. The van der Waals surface area contributed by atoms with Gasteiger partial charge in [0.15, 0.2) is 0 Å². The maximum absolute atomic E-state index is 13.5. The maximum atomic E-state index is 13.5. The molecule has 0 aliphatic carbocycles. The number of primary sulfonamides is 1. The van der Waals surface area contributed by atoms with E-state index >= 15 is 0 Å². The van der Waals surface area contributed by atoms with Gasteiger partial charge in [0.1, 0.15) is 8.42 Å². The minimum Gasteiger partial charge on any atom is -0.385 e. The van der Waals surface area contributed by atoms with Crippen molar-refractivity contribution in [1.29, 1.82) is 0 Å². The first-order chi connectivity index (χ1) is 15.9. The summed E-state index contributed by atoms with van der Waals surface area (Å²) in [4.78, 5) is 0. The monoisotopic (exact) mass is 397 g/mol. The molecule has 0 bridgehead atoms. The van der Waals surface area contributed by atoms with Crippen LogP contribution in [0.1, 0.15) is 44.1 Å². The first kappa shape index (κ1) is 7.36. The third-order valence-electron chi connectivity index (χ3n) is 2.42. The van der Waals surface area contributed by atoms with Crippen LogP contribution in [0.25, 0.3) is 0 Å². The molecule has 0 spiro atoms. The number of fused-ring (bicyclic) bond motifs is 1. The SMILES string of the molecule is [2H]C([2H])(C)N[C@]1([2H])c2cc(S(N)(=O)=O)sc2S(=O)(=O)N(C([2H])([2H])C([2H])([2H])C([2H])([2H])OC([2H])([2H])[2H])C1([2H])[2H]. The Balaban J connectivity index is 3.00. The second-order valence-corrected chi connectivity index (χ2v) is 8.71. The van der Waals surface area contributed by atoms with Crippen LogP contribution in [-0.4, -0.2) is 54.2 Å². The van der Waals surface area contributed by atoms with Crippen molar-refractivity contribution in [2.24, 2.45) is 5.14 Å². The van der Waals surface area contributed by atoms with Crippen molar-refractivity contribution >= 4 is 31.4 Å². The van der Waals surface area contributed by atoms with E-state index in [-0.39, 0.29) is 11.3 Å². The molecule has 0 fully saturated rings. The minimum absolute atomic E-state index is 0.170. The van der Waals surface area contributed by atoms with Gasteiger partial charge in [-0.05, 0) is 18.9 Å². The predicted octanol–water partition coefficient (Wildman–Crippen LogP) is 0.0869. The number of thiophene rings is 1. The summed E-state index contributed by atoms with van der Waals surface area (Å²) in [6.45, 7) is -14.5. The molecule has 0 aromatic carbocycles. The third-order valence-corrected chi connectivity index (χ3v) is 7.01. The maximum Gasteiger partial charge on any atom is 0.252 e. The Morgan fingerprint density at radius 1 is 1.74 bits per heavy atom. The summed E-state index contributed by atoms with van der Waals surface area (Å²) < 4.78 is 162. The topological polar surface area (TPSA) is 119 Å². The Morgan fingerprint density at radius 2 is 2.48 bits per heavy atom. The van der Waals surface area contributed by atoms with Gasteiger partial charge in [-0.2, -0.15) is 4.31 Å². The molecule has 3 N–H and O–H groups in total. The summed E-state index contributed by atoms with van der Waals surface area (Å²) in [6, 6.07) is -2.93. The molecule has 0 amide bonds. The van der Waals surface area contributed by atoms with E-state index in [2.05, 4.69) is 4.74 Å². The van der Waals surface area contributed by atoms with Crippen LogP contribution in [0, 0.1) is 0 Å². The molecule has 0 unspecified atom stereocenters. The third kappa shape index (κ3) is 3.92. The average molecular weight is 398 g/mol. The Bertz CT molecular complexity index is 1290. The first-order valence-electron chi connectivity index (χ1n) is 12.6. The number of ether oxygens (including phenoxy) is 1. The molecule has 1 aliphatic rings. The van der Waals surface area contributed by atoms with E-state index in [1.165, 1.54) is 0 Å². The number of nitrogens with one attached hydrogen (secondary N) is 1. The van der Waals surface area contributed by atoms with Gasteiger partial charge in [-0.25, -0.2) is 22.0 Å². The summed E-state index contributed by atoms with van der Waals surface area (Å²) in [7, 11) is -14.1. The molecular weight excluding hydrogens is 362 g/mol. The molecule has 1 aromatic heterocycles. The Hall–Kier alpha value is -0.560. The van der Waals surface area contributed by atoms with Crippen molar-refractivity contribution < 1.29 is 40.8 Å². The molecular formula is C12H21N3O5S3. The van der Waals surface area contributed by atoms with Crippen LogP contribution in [0.3, 0.4) is 0 Å². The van der Waals surface area contributed by atoms with Crippen molar-refractivity contribution in [3.63, 3.8) is 0 Å². The summed E-state index contributed by atoms with van der Waals surface area (Å²) in [5.41, 5.74) is -1.01. The van der Waals surface area contributed by atoms with E-state index in [1.54, 1.807) is 5.32 Å². The van der Waals surface area contributed by atoms with Crippen molar-refractivity contribution in [3.05, 3.63) is 11.6 Å². The highest BCUT2D eigenvalue weighted by Crippen LogP contribution is 2.39. The van der Waals surface area contributed by atoms with Crippen molar-refractivity contribution in [3.8, 4) is 0 Å². The molecule has 11 heteroatoms. The van der Waals surface area contributed by atoms with E-state index in [0.717, 1.165) is 6.92 Å². The fourth-order valence-electron chi connectivity index (χ4n) is 1.57. The van der Waals surface area contributed by atoms with Gasteiger partial charge in [0.2, 0.25) is 10.0 Å². The largest absolute Gasteiger partial charge is 0.385 e. The zero-order chi connectivity index (χ0) is 29.6. The van der Waals surface area contributed by atoms with Gasteiger partial charge in [0, 0.05) is 49.1 Å². The molecule has 132 valence electrons. The second-order valence-electron chi connectivity index (χ2n) is 3.88. The average Bonchev–Trinajstić information content (AvgIpc) is 3.03. The molecule has 0 saturated carbocycles. The number of hydrogen-bond donors (Lipinski definition) is 2. The van der Waals surface area contributed by atoms with Crippen molar-refractivity contribution in [2.45, 2.75) is 27.7 Å². The van der Waals surface area contributed by atoms with Crippen LogP contribution in [0.2, 0.25) is 0 Å². The summed E-state index contributed by atoms with van der Waals surface area (Å²) >= 11 is -0.170. The van der Waals surface area contributed by atoms with Gasteiger partial charge in [0.05, 0.1) is 8.22 Å². The first-order valence-corrected chi connectivity index (χ1v) is 9.39. The fraction of sp³-hybridized carbons (Fsp3) is 0.667. The van der Waals surface area contributed by atoms with Gasteiger partial charge in [-0.15, -0.1) is 11.3 Å². The van der Waals surface area contributed by atoms with Gasteiger partial charge in [0.25, 0.3) is 10.0 Å². The van der Waals surface area contributed by atoms with Gasteiger partial charge >= 0.3 is 0 Å². The number of nitrogens with zero attached hydrogens (tertiary/aromatic N) is 1. The summed E-state index contributed by atoms with van der Waals surface area (Å²) in [6.07, 6.45) is -4.32. The minimum atomic E-state index is -5.70. The lowest BCUT2D eigenvalue weighted by atomic mass is 10.1. The lowest BCUT2D eigenvalue weighted by Gasteiger charge is -2.32. The quantitative estimate of drug-likeness (QED) is 0.673. The molecule has 8 nitrogen and oxygen atoms in total. The van der Waals surface area contributed by atoms with Crippen molar-refractivity contribution in [2.75, 3.05) is 33.1 Å². The fourth-order valence-corrected chi connectivity index (χ4v) is 5.25. The highest BCUT2D eigenvalue weighted by atomic mass is 32.3. The Morgan fingerprint density at radius 3 is 3.09 bits per heavy atom. The van der Waals surface area contributed by atoms with Crippen molar-refractivity contribution in [1.82, 2.24) is 9.62 Å². The lowest BCUT2D eigenvalue weighted by Crippen LogP contribution is -2.43. The molecule has 1 atom stereocenters. The lowest BCUT2D eigenvalue weighted by molar-refractivity contribution is 0.185. The standard InChI is InChI=1S/C12H21N3O5S3/c1-3-14-10-8-15(5-4-6-20-2)23(18,19)12-9(10)7-11(21-12)22(13,16)17/h7,10,14H,3-6,8H2,1-2H3,(H2,13,16,17)/t10-/m0/s1/i2D3,3D2,4D2,5D2,6D2,8D2,10D. The van der Waals surface area contributed by atoms with Crippen LogP contribution in [0.4, 0.5) is 0 Å². The van der Waals surface area contributed by atoms with Gasteiger partial charge in [-0.1, -0.05) is 6.92 Å². The van der Waals surface area contributed by atoms with E-state index < -0.39 is 83.8 Å².